The Morgan fingerprint density at radius 2 is 1.94 bits per heavy atom. The second-order valence-corrected chi connectivity index (χ2v) is 3.69. The second-order valence-electron chi connectivity index (χ2n) is 3.69. The van der Waals surface area contributed by atoms with Crippen LogP contribution in [0.4, 0.5) is 18.9 Å². The van der Waals surface area contributed by atoms with Crippen LogP contribution in [0.25, 0.3) is 10.9 Å². The molecule has 0 saturated heterocycles. The molecule has 0 fully saturated rings. The molecule has 0 bridgehead atoms. The lowest BCUT2D eigenvalue weighted by Gasteiger charge is -2.10. The van der Waals surface area contributed by atoms with Gasteiger partial charge in [-0.1, -0.05) is 0 Å². The summed E-state index contributed by atoms with van der Waals surface area (Å²) in [7, 11) is 0. The molecule has 0 radical (unpaired) electrons. The van der Waals surface area contributed by atoms with Gasteiger partial charge in [0, 0.05) is 11.1 Å². The summed E-state index contributed by atoms with van der Waals surface area (Å²) in [4.78, 5) is 4.14. The van der Waals surface area contributed by atoms with E-state index in [-0.39, 0.29) is 0 Å². The van der Waals surface area contributed by atoms with E-state index in [1.807, 2.05) is 0 Å². The number of rotatable bonds is 1. The summed E-state index contributed by atoms with van der Waals surface area (Å²) in [6.07, 6.45) is -4.37. The first-order valence-corrected chi connectivity index (χ1v) is 4.87. The lowest BCUT2D eigenvalue weighted by molar-refractivity contribution is -0.137. The average Bonchev–Trinajstić information content (AvgIpc) is 2.25. The third-order valence-electron chi connectivity index (χ3n) is 2.42. The van der Waals surface area contributed by atoms with Crippen LogP contribution in [-0.4, -0.2) is 4.98 Å². The Morgan fingerprint density at radius 1 is 1.24 bits per heavy atom. The molecule has 17 heavy (non-hydrogen) atoms. The lowest BCUT2D eigenvalue weighted by Crippen LogP contribution is -2.09. The Hall–Kier alpha value is -1.82. The highest BCUT2D eigenvalue weighted by Crippen LogP contribution is 2.33. The smallest absolute Gasteiger partial charge is 0.323 e. The summed E-state index contributed by atoms with van der Waals surface area (Å²) >= 11 is 0. The van der Waals surface area contributed by atoms with Crippen LogP contribution in [0.5, 0.6) is 0 Å². The normalized spacial score (nSPS) is 11.8. The summed E-state index contributed by atoms with van der Waals surface area (Å²) < 4.78 is 37.7. The Bertz CT molecular complexity index is 564. The zero-order valence-electron chi connectivity index (χ0n) is 8.97. The molecule has 0 aliphatic carbocycles. The van der Waals surface area contributed by atoms with Gasteiger partial charge in [0.15, 0.2) is 0 Å². The van der Waals surface area contributed by atoms with Crippen molar-refractivity contribution in [2.24, 2.45) is 5.84 Å². The van der Waals surface area contributed by atoms with Gasteiger partial charge in [-0.25, -0.2) is 0 Å². The van der Waals surface area contributed by atoms with E-state index in [1.165, 1.54) is 6.07 Å². The number of pyridine rings is 1. The van der Waals surface area contributed by atoms with E-state index in [2.05, 4.69) is 10.4 Å². The molecule has 2 rings (SSSR count). The quantitative estimate of drug-likeness (QED) is 0.596. The van der Waals surface area contributed by atoms with Crippen LogP contribution in [0.3, 0.4) is 0 Å². The number of hydrogen-bond acceptors (Lipinski definition) is 3. The highest BCUT2D eigenvalue weighted by molar-refractivity contribution is 5.91. The summed E-state index contributed by atoms with van der Waals surface area (Å²) in [6, 6.07) is 4.99. The van der Waals surface area contributed by atoms with Gasteiger partial charge in [-0.2, -0.15) is 13.2 Å². The molecular weight excluding hydrogens is 231 g/mol. The van der Waals surface area contributed by atoms with Crippen molar-refractivity contribution in [2.45, 2.75) is 13.1 Å². The Morgan fingerprint density at radius 3 is 2.53 bits per heavy atom. The van der Waals surface area contributed by atoms with E-state index in [9.17, 15) is 13.2 Å². The molecular formula is C11H10F3N3. The van der Waals surface area contributed by atoms with Crippen molar-refractivity contribution in [1.82, 2.24) is 4.98 Å². The van der Waals surface area contributed by atoms with Crippen molar-refractivity contribution in [1.29, 1.82) is 0 Å². The van der Waals surface area contributed by atoms with Crippen molar-refractivity contribution in [3.05, 3.63) is 35.5 Å². The molecule has 0 aliphatic rings. The van der Waals surface area contributed by atoms with Gasteiger partial charge in [0.05, 0.1) is 16.8 Å². The summed E-state index contributed by atoms with van der Waals surface area (Å²) in [5.41, 5.74) is 3.26. The Labute approximate surface area is 95.4 Å². The fraction of sp³-hybridized carbons (Fsp3) is 0.182. The number of hydrogen-bond donors (Lipinski definition) is 2. The highest BCUT2D eigenvalue weighted by atomic mass is 19.4. The molecule has 3 nitrogen and oxygen atoms in total. The standard InChI is InChI=1S/C11H10F3N3/c1-6-4-10(17-15)8-5-7(11(12,13)14)2-3-9(8)16-6/h2-5H,15H2,1H3,(H,16,17). The van der Waals surface area contributed by atoms with Crippen molar-refractivity contribution >= 4 is 16.6 Å². The number of aryl methyl sites for hydroxylation is 1. The van der Waals surface area contributed by atoms with Crippen LogP contribution in [0.1, 0.15) is 11.3 Å². The van der Waals surface area contributed by atoms with Crippen molar-refractivity contribution < 1.29 is 13.2 Å². The fourth-order valence-corrected chi connectivity index (χ4v) is 1.65. The molecule has 0 aliphatic heterocycles. The predicted molar refractivity (Wildman–Crippen MR) is 59.3 cm³/mol. The van der Waals surface area contributed by atoms with E-state index >= 15 is 0 Å². The number of anilines is 1. The number of halogens is 3. The second kappa shape index (κ2) is 3.89. The van der Waals surface area contributed by atoms with E-state index < -0.39 is 11.7 Å². The van der Waals surface area contributed by atoms with Gasteiger partial charge in [0.1, 0.15) is 0 Å². The first kappa shape index (κ1) is 11.7. The maximum Gasteiger partial charge on any atom is 0.416 e. The summed E-state index contributed by atoms with van der Waals surface area (Å²) in [6.45, 7) is 1.75. The van der Waals surface area contributed by atoms with Crippen LogP contribution in [0, 0.1) is 6.92 Å². The van der Waals surface area contributed by atoms with E-state index in [0.717, 1.165) is 12.1 Å². The largest absolute Gasteiger partial charge is 0.416 e. The van der Waals surface area contributed by atoms with E-state index in [4.69, 9.17) is 5.84 Å². The first-order valence-electron chi connectivity index (χ1n) is 4.87. The van der Waals surface area contributed by atoms with Gasteiger partial charge in [0.2, 0.25) is 0 Å². The molecule has 0 saturated carbocycles. The van der Waals surface area contributed by atoms with Crippen LogP contribution in [-0.2, 0) is 6.18 Å². The van der Waals surface area contributed by atoms with E-state index in [1.54, 1.807) is 13.0 Å². The fourth-order valence-electron chi connectivity index (χ4n) is 1.65. The monoisotopic (exact) mass is 241 g/mol. The predicted octanol–water partition coefficient (Wildman–Crippen LogP) is 2.85. The zero-order chi connectivity index (χ0) is 12.6. The van der Waals surface area contributed by atoms with Crippen LogP contribution in [0.15, 0.2) is 24.3 Å². The number of nitrogens with two attached hydrogens (primary N) is 1. The van der Waals surface area contributed by atoms with Gasteiger partial charge in [0.25, 0.3) is 0 Å². The van der Waals surface area contributed by atoms with Crippen LogP contribution >= 0.6 is 0 Å². The van der Waals surface area contributed by atoms with Crippen molar-refractivity contribution in [3.63, 3.8) is 0 Å². The first-order chi connectivity index (χ1) is 7.91. The van der Waals surface area contributed by atoms with E-state index in [0.29, 0.717) is 22.3 Å². The third kappa shape index (κ3) is 2.16. The van der Waals surface area contributed by atoms with Crippen LogP contribution in [0.2, 0.25) is 0 Å². The number of nitrogen functional groups attached to an aromatic ring is 1. The minimum atomic E-state index is -4.37. The number of fused-ring (bicyclic) bond motifs is 1. The molecule has 3 N–H and O–H groups in total. The average molecular weight is 241 g/mol. The number of benzene rings is 1. The SMILES string of the molecule is Cc1cc(NN)c2cc(C(F)(F)F)ccc2n1. The van der Waals surface area contributed by atoms with Gasteiger partial charge < -0.3 is 5.43 Å². The molecule has 1 aromatic carbocycles. The molecule has 2 aromatic rings. The Kier molecular flexibility index (Phi) is 2.66. The molecule has 0 unspecified atom stereocenters. The third-order valence-corrected chi connectivity index (χ3v) is 2.42. The molecule has 1 aromatic heterocycles. The number of nitrogens with one attached hydrogen (secondary N) is 1. The van der Waals surface area contributed by atoms with Gasteiger partial charge >= 0.3 is 6.18 Å². The maximum absolute atomic E-state index is 12.6. The molecule has 0 atom stereocenters. The number of hydrazine groups is 1. The van der Waals surface area contributed by atoms with Crippen LogP contribution < -0.4 is 11.3 Å². The number of nitrogens with zero attached hydrogens (tertiary/aromatic N) is 1. The molecule has 90 valence electrons. The number of alkyl halides is 3. The molecule has 6 heteroatoms. The van der Waals surface area contributed by atoms with Gasteiger partial charge in [-0.3, -0.25) is 10.8 Å². The van der Waals surface area contributed by atoms with Gasteiger partial charge in [-0.05, 0) is 31.2 Å². The number of aromatic nitrogens is 1. The topological polar surface area (TPSA) is 50.9 Å². The maximum atomic E-state index is 12.6. The molecule has 0 spiro atoms. The minimum absolute atomic E-state index is 0.355. The highest BCUT2D eigenvalue weighted by Gasteiger charge is 2.30. The van der Waals surface area contributed by atoms with Gasteiger partial charge in [-0.15, -0.1) is 0 Å². The van der Waals surface area contributed by atoms with Crippen molar-refractivity contribution in [2.75, 3.05) is 5.43 Å². The molecule has 0 amide bonds. The lowest BCUT2D eigenvalue weighted by atomic mass is 10.1. The van der Waals surface area contributed by atoms with Crippen molar-refractivity contribution in [3.8, 4) is 0 Å². The minimum Gasteiger partial charge on any atom is -0.323 e. The Balaban J connectivity index is 2.72. The summed E-state index contributed by atoms with van der Waals surface area (Å²) in [5.74, 6) is 5.28. The molecule has 1 heterocycles. The zero-order valence-corrected chi connectivity index (χ0v) is 8.97. The summed E-state index contributed by atoms with van der Waals surface area (Å²) in [5, 5.41) is 0.355.